The Hall–Kier alpha value is -1.69. The molecule has 88 valence electrons. The average molecular weight is 296 g/mol. The first-order valence-electron chi connectivity index (χ1n) is 4.95. The molecule has 0 aliphatic heterocycles. The number of amides is 1. The molecule has 0 fully saturated rings. The van der Waals surface area contributed by atoms with E-state index < -0.39 is 0 Å². The van der Waals surface area contributed by atoms with Crippen molar-refractivity contribution in [3.8, 4) is 0 Å². The third-order valence-corrected chi connectivity index (χ3v) is 2.76. The van der Waals surface area contributed by atoms with Gasteiger partial charge in [-0.05, 0) is 25.1 Å². The van der Waals surface area contributed by atoms with E-state index >= 15 is 0 Å². The van der Waals surface area contributed by atoms with Crippen LogP contribution in [0.25, 0.3) is 10.9 Å². The van der Waals surface area contributed by atoms with Gasteiger partial charge in [0.2, 0.25) is 5.91 Å². The number of carbonyl (C=O) groups excluding carboxylic acids is 1. The van der Waals surface area contributed by atoms with Crippen molar-refractivity contribution in [3.05, 3.63) is 38.9 Å². The lowest BCUT2D eigenvalue weighted by molar-refractivity contribution is -0.115. The van der Waals surface area contributed by atoms with E-state index in [9.17, 15) is 9.59 Å². The van der Waals surface area contributed by atoms with Crippen LogP contribution in [0.5, 0.6) is 0 Å². The molecule has 0 spiro atoms. The van der Waals surface area contributed by atoms with Gasteiger partial charge in [0.15, 0.2) is 0 Å². The first-order chi connectivity index (χ1) is 7.99. The van der Waals surface area contributed by atoms with Crippen molar-refractivity contribution >= 4 is 32.7 Å². The number of rotatable bonds is 1. The molecule has 0 bridgehead atoms. The molecule has 0 atom stereocenters. The fourth-order valence-electron chi connectivity index (χ4n) is 1.56. The minimum absolute atomic E-state index is 0.288. The minimum atomic E-state index is -0.314. The summed E-state index contributed by atoms with van der Waals surface area (Å²) in [5.74, 6) is 0.131. The number of nitrogens with one attached hydrogen (secondary N) is 1. The second-order valence-corrected chi connectivity index (χ2v) is 4.54. The summed E-state index contributed by atoms with van der Waals surface area (Å²) >= 11 is 3.30. The van der Waals surface area contributed by atoms with Gasteiger partial charge in [-0.15, -0.1) is 0 Å². The second-order valence-electron chi connectivity index (χ2n) is 3.63. The molecule has 0 aliphatic rings. The van der Waals surface area contributed by atoms with Crippen LogP contribution in [-0.2, 0) is 4.79 Å². The monoisotopic (exact) mass is 295 g/mol. The Labute approximate surface area is 106 Å². The number of fused-ring (bicyclic) bond motifs is 1. The third kappa shape index (κ3) is 2.21. The van der Waals surface area contributed by atoms with Gasteiger partial charge in [0.05, 0.1) is 10.9 Å². The smallest absolute Gasteiger partial charge is 0.274 e. The van der Waals surface area contributed by atoms with Crippen LogP contribution in [-0.4, -0.2) is 15.6 Å². The summed E-state index contributed by atoms with van der Waals surface area (Å²) in [5, 5.41) is 0.457. The van der Waals surface area contributed by atoms with Gasteiger partial charge >= 0.3 is 0 Å². The van der Waals surface area contributed by atoms with Gasteiger partial charge in [-0.1, -0.05) is 15.9 Å². The van der Waals surface area contributed by atoms with Crippen LogP contribution in [0.15, 0.2) is 27.5 Å². The molecule has 0 saturated heterocycles. The zero-order chi connectivity index (χ0) is 12.6. The van der Waals surface area contributed by atoms with E-state index in [4.69, 9.17) is 0 Å². The Balaban J connectivity index is 2.78. The Morgan fingerprint density at radius 3 is 2.82 bits per heavy atom. The highest BCUT2D eigenvalue weighted by molar-refractivity contribution is 9.10. The number of aromatic nitrogens is 2. The molecule has 5 nitrogen and oxygen atoms in total. The van der Waals surface area contributed by atoms with E-state index in [1.807, 2.05) is 6.07 Å². The lowest BCUT2D eigenvalue weighted by Gasteiger charge is -2.10. The van der Waals surface area contributed by atoms with Gasteiger partial charge in [-0.25, -0.2) is 9.66 Å². The zero-order valence-electron chi connectivity index (χ0n) is 9.32. The van der Waals surface area contributed by atoms with Gasteiger partial charge in [-0.3, -0.25) is 15.0 Å². The molecule has 2 rings (SSSR count). The molecule has 1 aromatic heterocycles. The predicted molar refractivity (Wildman–Crippen MR) is 68.5 cm³/mol. The highest BCUT2D eigenvalue weighted by Crippen LogP contribution is 2.15. The lowest BCUT2D eigenvalue weighted by Crippen LogP contribution is -2.34. The molecule has 0 radical (unpaired) electrons. The van der Waals surface area contributed by atoms with E-state index in [1.165, 1.54) is 6.92 Å². The summed E-state index contributed by atoms with van der Waals surface area (Å²) in [6, 6.07) is 5.26. The molecule has 1 aromatic carbocycles. The molecular weight excluding hydrogens is 286 g/mol. The lowest BCUT2D eigenvalue weighted by atomic mass is 10.2. The van der Waals surface area contributed by atoms with E-state index in [1.54, 1.807) is 19.1 Å². The van der Waals surface area contributed by atoms with Gasteiger partial charge in [0.25, 0.3) is 5.56 Å². The van der Waals surface area contributed by atoms with Crippen molar-refractivity contribution in [2.45, 2.75) is 13.8 Å². The van der Waals surface area contributed by atoms with Crippen LogP contribution in [0, 0.1) is 6.92 Å². The van der Waals surface area contributed by atoms with Crippen LogP contribution >= 0.6 is 15.9 Å². The van der Waals surface area contributed by atoms with Gasteiger partial charge in [-0.2, -0.15) is 0 Å². The minimum Gasteiger partial charge on any atom is -0.274 e. The summed E-state index contributed by atoms with van der Waals surface area (Å²) < 4.78 is 1.94. The van der Waals surface area contributed by atoms with Gasteiger partial charge < -0.3 is 0 Å². The molecule has 0 aliphatic carbocycles. The number of nitrogens with zero attached hydrogens (tertiary/aromatic N) is 2. The summed E-state index contributed by atoms with van der Waals surface area (Å²) in [7, 11) is 0. The Morgan fingerprint density at radius 1 is 1.47 bits per heavy atom. The van der Waals surface area contributed by atoms with Crippen molar-refractivity contribution < 1.29 is 4.79 Å². The molecule has 2 aromatic rings. The van der Waals surface area contributed by atoms with Crippen LogP contribution in [0.3, 0.4) is 0 Å². The van der Waals surface area contributed by atoms with Crippen molar-refractivity contribution in [1.29, 1.82) is 0 Å². The SMILES string of the molecule is CC(=O)Nn1c(C)nc2ccc(Br)cc2c1=O. The highest BCUT2D eigenvalue weighted by atomic mass is 79.9. The maximum atomic E-state index is 12.1. The Bertz CT molecular complexity index is 664. The van der Waals surface area contributed by atoms with E-state index in [0.29, 0.717) is 16.7 Å². The normalized spacial score (nSPS) is 10.5. The van der Waals surface area contributed by atoms with Crippen LogP contribution in [0.4, 0.5) is 0 Å². The summed E-state index contributed by atoms with van der Waals surface area (Å²) in [4.78, 5) is 27.4. The van der Waals surface area contributed by atoms with Crippen LogP contribution in [0.1, 0.15) is 12.7 Å². The number of hydrogen-bond acceptors (Lipinski definition) is 3. The molecule has 0 saturated carbocycles. The molecular formula is C11H10BrN3O2. The largest absolute Gasteiger partial charge is 0.280 e. The molecule has 6 heteroatoms. The standard InChI is InChI=1S/C11H10BrN3O2/c1-6-13-10-4-3-8(12)5-9(10)11(17)15(6)14-7(2)16/h3-5H,1-2H3,(H,14,16). The molecule has 17 heavy (non-hydrogen) atoms. The number of hydrogen-bond donors (Lipinski definition) is 1. The molecule has 1 heterocycles. The van der Waals surface area contributed by atoms with Gasteiger partial charge in [0.1, 0.15) is 5.82 Å². The zero-order valence-corrected chi connectivity index (χ0v) is 10.9. The van der Waals surface area contributed by atoms with Crippen molar-refractivity contribution in [3.63, 3.8) is 0 Å². The Kier molecular flexibility index (Phi) is 2.97. The maximum Gasteiger partial charge on any atom is 0.280 e. The molecule has 0 unspecified atom stereocenters. The number of halogens is 1. The topological polar surface area (TPSA) is 64.0 Å². The fraction of sp³-hybridized carbons (Fsp3) is 0.182. The van der Waals surface area contributed by atoms with Crippen molar-refractivity contribution in [1.82, 2.24) is 9.66 Å². The quantitative estimate of drug-likeness (QED) is 0.868. The second kappa shape index (κ2) is 4.29. The number of benzene rings is 1. The predicted octanol–water partition coefficient (Wildman–Crippen LogP) is 1.56. The first kappa shape index (κ1) is 11.8. The molecule has 1 N–H and O–H groups in total. The maximum absolute atomic E-state index is 12.1. The summed E-state index contributed by atoms with van der Waals surface area (Å²) in [5.41, 5.74) is 2.76. The Morgan fingerprint density at radius 2 is 2.18 bits per heavy atom. The van der Waals surface area contributed by atoms with Crippen molar-refractivity contribution in [2.75, 3.05) is 5.43 Å². The highest BCUT2D eigenvalue weighted by Gasteiger charge is 2.09. The summed E-state index contributed by atoms with van der Waals surface area (Å²) in [6.07, 6.45) is 0. The fourth-order valence-corrected chi connectivity index (χ4v) is 1.92. The third-order valence-electron chi connectivity index (χ3n) is 2.27. The van der Waals surface area contributed by atoms with Gasteiger partial charge in [0, 0.05) is 11.4 Å². The van der Waals surface area contributed by atoms with Crippen LogP contribution < -0.4 is 11.0 Å². The number of aryl methyl sites for hydroxylation is 1. The van der Waals surface area contributed by atoms with Crippen LogP contribution in [0.2, 0.25) is 0 Å². The van der Waals surface area contributed by atoms with E-state index in [-0.39, 0.29) is 11.5 Å². The summed E-state index contributed by atoms with van der Waals surface area (Å²) in [6.45, 7) is 3.01. The van der Waals surface area contributed by atoms with Crippen molar-refractivity contribution in [2.24, 2.45) is 0 Å². The van der Waals surface area contributed by atoms with E-state index in [2.05, 4.69) is 26.3 Å². The number of carbonyl (C=O) groups is 1. The molecule has 1 amide bonds. The van der Waals surface area contributed by atoms with E-state index in [0.717, 1.165) is 9.15 Å². The average Bonchev–Trinajstić information content (AvgIpc) is 2.25. The first-order valence-corrected chi connectivity index (χ1v) is 5.75.